The maximum absolute atomic E-state index is 5.27. The van der Waals surface area contributed by atoms with Crippen LogP contribution in [0.3, 0.4) is 0 Å². The monoisotopic (exact) mass is 127 g/mol. The van der Waals surface area contributed by atoms with Crippen LogP contribution < -0.4 is 5.73 Å². The Balaban J connectivity index is 3.28. The molecule has 4 heteroatoms. The van der Waals surface area contributed by atoms with Gasteiger partial charge in [-0.25, -0.2) is 0 Å². The summed E-state index contributed by atoms with van der Waals surface area (Å²) >= 11 is 4.70. The van der Waals surface area contributed by atoms with Gasteiger partial charge >= 0.3 is 0 Å². The van der Waals surface area contributed by atoms with Gasteiger partial charge in [-0.3, -0.25) is 4.98 Å². The van der Waals surface area contributed by atoms with Gasteiger partial charge in [-0.15, -0.1) is 0 Å². The number of rotatable bonds is 0. The van der Waals surface area contributed by atoms with E-state index in [9.17, 15) is 0 Å². The summed E-state index contributed by atoms with van der Waals surface area (Å²) < 4.78 is 0.560. The van der Waals surface area contributed by atoms with Crippen LogP contribution in [0.5, 0.6) is 0 Å². The number of aromatic amines is 1. The van der Waals surface area contributed by atoms with E-state index < -0.39 is 0 Å². The number of aromatic nitrogens is 2. The molecule has 1 rings (SSSR count). The third-order valence-corrected chi connectivity index (χ3v) is 0.880. The normalized spacial score (nSPS) is 9.00. The molecule has 0 unspecified atom stereocenters. The van der Waals surface area contributed by atoms with Crippen LogP contribution in [0.25, 0.3) is 0 Å². The van der Waals surface area contributed by atoms with Crippen LogP contribution in [0.15, 0.2) is 12.4 Å². The first-order valence-electron chi connectivity index (χ1n) is 2.09. The zero-order valence-electron chi connectivity index (χ0n) is 4.09. The molecule has 1 aromatic heterocycles. The molecular formula is C4H5N3S. The highest BCUT2D eigenvalue weighted by Gasteiger charge is 1.77. The van der Waals surface area contributed by atoms with Crippen LogP contribution in [0.4, 0.5) is 5.82 Å². The van der Waals surface area contributed by atoms with E-state index >= 15 is 0 Å². The molecule has 0 saturated heterocycles. The molecule has 0 aliphatic heterocycles. The molecule has 3 nitrogen and oxygen atoms in total. The van der Waals surface area contributed by atoms with Crippen molar-refractivity contribution in [1.29, 1.82) is 0 Å². The van der Waals surface area contributed by atoms with Crippen LogP contribution in [-0.4, -0.2) is 9.97 Å². The first kappa shape index (κ1) is 5.24. The second kappa shape index (κ2) is 1.92. The summed E-state index contributed by atoms with van der Waals surface area (Å²) in [5.74, 6) is 0.498. The molecule has 3 N–H and O–H groups in total. The van der Waals surface area contributed by atoms with Gasteiger partial charge in [0.05, 0.1) is 12.4 Å². The SMILES string of the molecule is Nc1cncc(=S)[nH]1. The number of hydrogen-bond acceptors (Lipinski definition) is 3. The standard InChI is InChI=1S/C4H5N3S/c5-3-1-6-2-4(8)7-3/h1-2H,(H3,5,7,8). The fourth-order valence-corrected chi connectivity index (χ4v) is 0.571. The highest BCUT2D eigenvalue weighted by Crippen LogP contribution is 1.88. The van der Waals surface area contributed by atoms with Crippen molar-refractivity contribution in [2.45, 2.75) is 0 Å². The number of anilines is 1. The smallest absolute Gasteiger partial charge is 0.123 e. The van der Waals surface area contributed by atoms with E-state index in [-0.39, 0.29) is 0 Å². The number of hydrogen-bond donors (Lipinski definition) is 2. The summed E-state index contributed by atoms with van der Waals surface area (Å²) in [6.45, 7) is 0. The number of nitrogens with two attached hydrogens (primary N) is 1. The molecule has 8 heavy (non-hydrogen) atoms. The lowest BCUT2D eigenvalue weighted by Crippen LogP contribution is -1.89. The lowest BCUT2D eigenvalue weighted by Gasteiger charge is -1.86. The molecule has 0 radical (unpaired) electrons. The average molecular weight is 127 g/mol. The van der Waals surface area contributed by atoms with Gasteiger partial charge in [0.15, 0.2) is 0 Å². The number of nitrogens with zero attached hydrogens (tertiary/aromatic N) is 1. The van der Waals surface area contributed by atoms with Crippen molar-refractivity contribution >= 4 is 18.0 Å². The van der Waals surface area contributed by atoms with Gasteiger partial charge in [0.25, 0.3) is 0 Å². The van der Waals surface area contributed by atoms with Crippen LogP contribution in [0.2, 0.25) is 0 Å². The summed E-state index contributed by atoms with van der Waals surface area (Å²) in [7, 11) is 0. The minimum absolute atomic E-state index is 0.498. The second-order valence-corrected chi connectivity index (χ2v) is 1.79. The predicted molar refractivity (Wildman–Crippen MR) is 33.8 cm³/mol. The average Bonchev–Trinajstić information content (AvgIpc) is 1.64. The maximum atomic E-state index is 5.27. The van der Waals surface area contributed by atoms with Gasteiger partial charge in [-0.2, -0.15) is 0 Å². The Hall–Kier alpha value is -0.900. The minimum atomic E-state index is 0.498. The van der Waals surface area contributed by atoms with Crippen molar-refractivity contribution in [1.82, 2.24) is 9.97 Å². The summed E-state index contributed by atoms with van der Waals surface area (Å²) in [6.07, 6.45) is 3.04. The van der Waals surface area contributed by atoms with E-state index in [2.05, 4.69) is 9.97 Å². The minimum Gasteiger partial charge on any atom is -0.384 e. The van der Waals surface area contributed by atoms with Crippen LogP contribution >= 0.6 is 12.2 Å². The van der Waals surface area contributed by atoms with E-state index in [0.29, 0.717) is 10.5 Å². The number of nitrogen functional groups attached to an aromatic ring is 1. The first-order chi connectivity index (χ1) is 3.79. The molecule has 0 aliphatic rings. The van der Waals surface area contributed by atoms with Gasteiger partial charge in [0.2, 0.25) is 0 Å². The molecule has 42 valence electrons. The van der Waals surface area contributed by atoms with Crippen LogP contribution in [-0.2, 0) is 0 Å². The first-order valence-corrected chi connectivity index (χ1v) is 2.49. The highest BCUT2D eigenvalue weighted by molar-refractivity contribution is 7.71. The van der Waals surface area contributed by atoms with Crippen molar-refractivity contribution in [3.8, 4) is 0 Å². The van der Waals surface area contributed by atoms with Crippen molar-refractivity contribution in [3.05, 3.63) is 17.0 Å². The number of H-pyrrole nitrogens is 1. The highest BCUT2D eigenvalue weighted by atomic mass is 32.1. The molecule has 0 saturated carbocycles. The van der Waals surface area contributed by atoms with Crippen LogP contribution in [0.1, 0.15) is 0 Å². The predicted octanol–water partition coefficient (Wildman–Crippen LogP) is 0.721. The Morgan fingerprint density at radius 2 is 2.38 bits per heavy atom. The van der Waals surface area contributed by atoms with E-state index in [1.165, 1.54) is 12.4 Å². The molecule has 0 spiro atoms. The maximum Gasteiger partial charge on any atom is 0.123 e. The van der Waals surface area contributed by atoms with Crippen molar-refractivity contribution in [2.75, 3.05) is 5.73 Å². The van der Waals surface area contributed by atoms with Gasteiger partial charge in [-0.1, -0.05) is 12.2 Å². The summed E-state index contributed by atoms with van der Waals surface area (Å²) in [4.78, 5) is 6.42. The summed E-state index contributed by atoms with van der Waals surface area (Å²) in [6, 6.07) is 0. The Bertz CT molecular complexity index is 229. The van der Waals surface area contributed by atoms with Gasteiger partial charge in [0.1, 0.15) is 10.5 Å². The summed E-state index contributed by atoms with van der Waals surface area (Å²) in [5.41, 5.74) is 5.27. The zero-order valence-corrected chi connectivity index (χ0v) is 4.90. The molecule has 1 heterocycles. The Morgan fingerprint density at radius 3 is 2.75 bits per heavy atom. The zero-order chi connectivity index (χ0) is 5.98. The Labute approximate surface area is 51.6 Å². The van der Waals surface area contributed by atoms with Crippen molar-refractivity contribution in [3.63, 3.8) is 0 Å². The van der Waals surface area contributed by atoms with Crippen LogP contribution in [0, 0.1) is 4.64 Å². The van der Waals surface area contributed by atoms with Crippen molar-refractivity contribution in [2.24, 2.45) is 0 Å². The van der Waals surface area contributed by atoms with E-state index in [0.717, 1.165) is 0 Å². The summed E-state index contributed by atoms with van der Waals surface area (Å²) in [5, 5.41) is 0. The van der Waals surface area contributed by atoms with Gasteiger partial charge in [-0.05, 0) is 0 Å². The Kier molecular flexibility index (Phi) is 1.26. The lowest BCUT2D eigenvalue weighted by molar-refractivity contribution is 1.19. The molecule has 0 atom stereocenters. The number of nitrogens with one attached hydrogen (secondary N) is 1. The van der Waals surface area contributed by atoms with E-state index in [4.69, 9.17) is 18.0 Å². The van der Waals surface area contributed by atoms with Gasteiger partial charge in [0, 0.05) is 0 Å². The molecule has 0 aromatic carbocycles. The molecule has 0 aliphatic carbocycles. The molecule has 0 fully saturated rings. The lowest BCUT2D eigenvalue weighted by atomic mass is 10.7. The third kappa shape index (κ3) is 1.04. The Morgan fingerprint density at radius 1 is 1.62 bits per heavy atom. The third-order valence-electron chi connectivity index (χ3n) is 0.673. The molecule has 0 amide bonds. The van der Waals surface area contributed by atoms with Crippen molar-refractivity contribution < 1.29 is 0 Å². The topological polar surface area (TPSA) is 54.7 Å². The fourth-order valence-electron chi connectivity index (χ4n) is 0.392. The van der Waals surface area contributed by atoms with Gasteiger partial charge < -0.3 is 10.7 Å². The fraction of sp³-hybridized carbons (Fsp3) is 0. The molecule has 1 aromatic rings. The van der Waals surface area contributed by atoms with E-state index in [1.807, 2.05) is 0 Å². The van der Waals surface area contributed by atoms with E-state index in [1.54, 1.807) is 0 Å². The largest absolute Gasteiger partial charge is 0.384 e. The quantitative estimate of drug-likeness (QED) is 0.505. The molecule has 0 bridgehead atoms. The molecular weight excluding hydrogens is 122 g/mol. The second-order valence-electron chi connectivity index (χ2n) is 1.35.